The van der Waals surface area contributed by atoms with Crippen molar-refractivity contribution in [2.24, 2.45) is 0 Å². The highest BCUT2D eigenvalue weighted by Crippen LogP contribution is 2.37. The van der Waals surface area contributed by atoms with Crippen LogP contribution in [0, 0.1) is 0 Å². The van der Waals surface area contributed by atoms with Gasteiger partial charge < -0.3 is 9.84 Å². The number of para-hydroxylation sites is 1. The van der Waals surface area contributed by atoms with Gasteiger partial charge in [-0.1, -0.05) is 42.5 Å². The van der Waals surface area contributed by atoms with Crippen molar-refractivity contribution in [2.75, 3.05) is 0 Å². The number of ether oxygens (including phenoxy) is 1. The van der Waals surface area contributed by atoms with Gasteiger partial charge in [-0.3, -0.25) is 4.79 Å². The molecule has 3 rings (SSSR count). The van der Waals surface area contributed by atoms with Crippen LogP contribution in [-0.2, 0) is 11.4 Å². The molecule has 0 radical (unpaired) electrons. The molecule has 1 aliphatic rings. The third-order valence-electron chi connectivity index (χ3n) is 3.23. The van der Waals surface area contributed by atoms with Gasteiger partial charge in [-0.25, -0.2) is 0 Å². The van der Waals surface area contributed by atoms with Crippen LogP contribution in [0.1, 0.15) is 22.6 Å². The third kappa shape index (κ3) is 1.64. The molecule has 0 amide bonds. The lowest BCUT2D eigenvalue weighted by atomic mass is 9.89. The first-order chi connectivity index (χ1) is 8.77. The summed E-state index contributed by atoms with van der Waals surface area (Å²) in [6.45, 7) is 0.414. The van der Waals surface area contributed by atoms with Crippen molar-refractivity contribution in [2.45, 2.75) is 12.5 Å². The van der Waals surface area contributed by atoms with Gasteiger partial charge in [0, 0.05) is 5.56 Å². The Kier molecular flexibility index (Phi) is 2.52. The van der Waals surface area contributed by atoms with Crippen LogP contribution in [-0.4, -0.2) is 11.1 Å². The monoisotopic (exact) mass is 240 g/mol. The smallest absolute Gasteiger partial charge is 0.315 e. The van der Waals surface area contributed by atoms with Gasteiger partial charge in [-0.05, 0) is 17.2 Å². The average molecular weight is 240 g/mol. The predicted octanol–water partition coefficient (Wildman–Crippen LogP) is 2.80. The van der Waals surface area contributed by atoms with Crippen molar-refractivity contribution in [3.05, 3.63) is 65.2 Å². The van der Waals surface area contributed by atoms with E-state index in [1.807, 2.05) is 48.5 Å². The second-order valence-corrected chi connectivity index (χ2v) is 4.30. The van der Waals surface area contributed by atoms with E-state index in [1.165, 1.54) is 0 Å². The van der Waals surface area contributed by atoms with Crippen molar-refractivity contribution >= 4 is 5.97 Å². The maximum absolute atomic E-state index is 11.6. The van der Waals surface area contributed by atoms with Gasteiger partial charge in [0.1, 0.15) is 18.3 Å². The summed E-state index contributed by atoms with van der Waals surface area (Å²) in [4.78, 5) is 11.6. The summed E-state index contributed by atoms with van der Waals surface area (Å²) in [5.74, 6) is -0.846. The van der Waals surface area contributed by atoms with Crippen LogP contribution in [0.2, 0.25) is 0 Å². The van der Waals surface area contributed by atoms with Crippen molar-refractivity contribution in [3.8, 4) is 5.75 Å². The summed E-state index contributed by atoms with van der Waals surface area (Å²) in [5, 5.41) is 9.50. The molecule has 1 N–H and O–H groups in total. The highest BCUT2D eigenvalue weighted by molar-refractivity contribution is 5.82. The SMILES string of the molecule is O=C(O)[C@@H]1c2ccccc2COc2ccccc21. The molecule has 1 heterocycles. The van der Waals surface area contributed by atoms with Crippen LogP contribution < -0.4 is 4.74 Å². The number of hydrogen-bond acceptors (Lipinski definition) is 2. The van der Waals surface area contributed by atoms with Gasteiger partial charge in [0.25, 0.3) is 0 Å². The van der Waals surface area contributed by atoms with E-state index in [0.29, 0.717) is 12.4 Å². The molecule has 0 fully saturated rings. The first-order valence-corrected chi connectivity index (χ1v) is 5.79. The van der Waals surface area contributed by atoms with Gasteiger partial charge in [-0.15, -0.1) is 0 Å². The number of aliphatic carboxylic acids is 1. The topological polar surface area (TPSA) is 46.5 Å². The molecule has 0 saturated carbocycles. The van der Waals surface area contributed by atoms with E-state index in [4.69, 9.17) is 4.74 Å². The summed E-state index contributed by atoms with van der Waals surface area (Å²) in [5.41, 5.74) is 2.46. The van der Waals surface area contributed by atoms with Crippen molar-refractivity contribution < 1.29 is 14.6 Å². The molecule has 1 atom stereocenters. The van der Waals surface area contributed by atoms with E-state index in [-0.39, 0.29) is 0 Å². The first kappa shape index (κ1) is 10.8. The van der Waals surface area contributed by atoms with Crippen molar-refractivity contribution in [1.82, 2.24) is 0 Å². The van der Waals surface area contributed by atoms with Crippen LogP contribution in [0.25, 0.3) is 0 Å². The maximum atomic E-state index is 11.6. The largest absolute Gasteiger partial charge is 0.489 e. The molecule has 2 aromatic rings. The Balaban J connectivity index is 2.24. The molecular formula is C15H12O3. The molecule has 0 unspecified atom stereocenters. The molecule has 3 nitrogen and oxygen atoms in total. The summed E-state index contributed by atoms with van der Waals surface area (Å²) < 4.78 is 5.69. The molecule has 2 aromatic carbocycles. The first-order valence-electron chi connectivity index (χ1n) is 5.79. The van der Waals surface area contributed by atoms with E-state index in [1.54, 1.807) is 0 Å². The van der Waals surface area contributed by atoms with Crippen LogP contribution in [0.5, 0.6) is 5.75 Å². The Labute approximate surface area is 105 Å². The van der Waals surface area contributed by atoms with Crippen molar-refractivity contribution in [1.29, 1.82) is 0 Å². The van der Waals surface area contributed by atoms with Crippen LogP contribution in [0.3, 0.4) is 0 Å². The molecule has 0 aromatic heterocycles. The van der Waals surface area contributed by atoms with E-state index in [9.17, 15) is 9.90 Å². The lowest BCUT2D eigenvalue weighted by Gasteiger charge is -2.14. The van der Waals surface area contributed by atoms with Gasteiger partial charge in [-0.2, -0.15) is 0 Å². The molecule has 0 spiro atoms. The van der Waals surface area contributed by atoms with Crippen LogP contribution in [0.15, 0.2) is 48.5 Å². The Morgan fingerprint density at radius 2 is 1.72 bits per heavy atom. The zero-order valence-electron chi connectivity index (χ0n) is 9.67. The number of rotatable bonds is 1. The number of fused-ring (bicyclic) bond motifs is 2. The van der Waals surface area contributed by atoms with E-state index in [2.05, 4.69) is 0 Å². The fourth-order valence-electron chi connectivity index (χ4n) is 2.39. The number of carbonyl (C=O) groups is 1. The molecule has 3 heteroatoms. The molecule has 0 saturated heterocycles. The predicted molar refractivity (Wildman–Crippen MR) is 66.7 cm³/mol. The number of carboxylic acid groups (broad SMARTS) is 1. The van der Waals surface area contributed by atoms with Gasteiger partial charge >= 0.3 is 5.97 Å². The fourth-order valence-corrected chi connectivity index (χ4v) is 2.39. The summed E-state index contributed by atoms with van der Waals surface area (Å²) in [7, 11) is 0. The minimum Gasteiger partial charge on any atom is -0.489 e. The summed E-state index contributed by atoms with van der Waals surface area (Å²) >= 11 is 0. The lowest BCUT2D eigenvalue weighted by Crippen LogP contribution is -2.13. The number of benzene rings is 2. The Morgan fingerprint density at radius 1 is 1.06 bits per heavy atom. The van der Waals surface area contributed by atoms with Crippen molar-refractivity contribution in [3.63, 3.8) is 0 Å². The van der Waals surface area contributed by atoms with Gasteiger partial charge in [0.15, 0.2) is 0 Å². The molecule has 1 aliphatic heterocycles. The fraction of sp³-hybridized carbons (Fsp3) is 0.133. The quantitative estimate of drug-likeness (QED) is 0.833. The Hall–Kier alpha value is -2.29. The summed E-state index contributed by atoms with van der Waals surface area (Å²) in [6.07, 6.45) is 0. The molecule has 0 aliphatic carbocycles. The Bertz CT molecular complexity index is 557. The summed E-state index contributed by atoms with van der Waals surface area (Å²) in [6, 6.07) is 14.9. The highest BCUT2D eigenvalue weighted by Gasteiger charge is 2.29. The number of hydrogen-bond donors (Lipinski definition) is 1. The van der Waals surface area contributed by atoms with Gasteiger partial charge in [0.05, 0.1) is 0 Å². The van der Waals surface area contributed by atoms with E-state index < -0.39 is 11.9 Å². The van der Waals surface area contributed by atoms with Crippen LogP contribution in [0.4, 0.5) is 0 Å². The zero-order valence-corrected chi connectivity index (χ0v) is 9.67. The molecular weight excluding hydrogens is 228 g/mol. The maximum Gasteiger partial charge on any atom is 0.315 e. The van der Waals surface area contributed by atoms with Crippen LogP contribution >= 0.6 is 0 Å². The number of carboxylic acids is 1. The molecule has 0 bridgehead atoms. The van der Waals surface area contributed by atoms with Gasteiger partial charge in [0.2, 0.25) is 0 Å². The molecule has 90 valence electrons. The zero-order chi connectivity index (χ0) is 12.5. The minimum atomic E-state index is -0.847. The van der Waals surface area contributed by atoms with E-state index in [0.717, 1.165) is 16.7 Å². The highest BCUT2D eigenvalue weighted by atomic mass is 16.5. The minimum absolute atomic E-state index is 0.414. The molecule has 18 heavy (non-hydrogen) atoms. The lowest BCUT2D eigenvalue weighted by molar-refractivity contribution is -0.137. The second kappa shape index (κ2) is 4.18. The normalized spacial score (nSPS) is 17.0. The Morgan fingerprint density at radius 3 is 2.50 bits per heavy atom. The standard InChI is InChI=1S/C15H12O3/c16-15(17)14-11-6-2-1-5-10(11)9-18-13-8-4-3-7-12(13)14/h1-8,14H,9H2,(H,16,17)/t14-/m1/s1. The third-order valence-corrected chi connectivity index (χ3v) is 3.23. The average Bonchev–Trinajstić information content (AvgIpc) is 2.55. The van der Waals surface area contributed by atoms with E-state index >= 15 is 0 Å². The second-order valence-electron chi connectivity index (χ2n) is 4.30.